The molecule has 1 aromatic rings. The van der Waals surface area contributed by atoms with E-state index in [4.69, 9.17) is 0 Å². The number of ketones is 2. The van der Waals surface area contributed by atoms with E-state index in [0.29, 0.717) is 23.1 Å². The highest BCUT2D eigenvalue weighted by Crippen LogP contribution is 2.44. The van der Waals surface area contributed by atoms with Crippen LogP contribution in [0.25, 0.3) is 5.70 Å². The Morgan fingerprint density at radius 3 is 2.56 bits per heavy atom. The van der Waals surface area contributed by atoms with Gasteiger partial charge in [0.25, 0.3) is 0 Å². The summed E-state index contributed by atoms with van der Waals surface area (Å²) in [5.74, 6) is 0.0377. The van der Waals surface area contributed by atoms with Gasteiger partial charge in [-0.25, -0.2) is 0 Å². The summed E-state index contributed by atoms with van der Waals surface area (Å²) in [7, 11) is 0. The van der Waals surface area contributed by atoms with Crippen molar-refractivity contribution in [1.82, 2.24) is 5.32 Å². The molecule has 0 N–H and O–H groups in total. The van der Waals surface area contributed by atoms with Crippen LogP contribution in [-0.4, -0.2) is 11.6 Å². The van der Waals surface area contributed by atoms with Gasteiger partial charge in [0, 0.05) is 17.5 Å². The molecule has 87 valence electrons. The number of carbonyl (C=O) groups excluding carboxylic acids is 2. The van der Waals surface area contributed by atoms with Gasteiger partial charge in [-0.1, -0.05) is 24.3 Å². The molecule has 1 heterocycles. The Labute approximate surface area is 104 Å². The van der Waals surface area contributed by atoms with Crippen molar-refractivity contribution in [2.45, 2.75) is 19.3 Å². The summed E-state index contributed by atoms with van der Waals surface area (Å²) in [6.07, 6.45) is 2.19. The number of rotatable bonds is 0. The summed E-state index contributed by atoms with van der Waals surface area (Å²) in [6, 6.07) is 7.45. The smallest absolute Gasteiger partial charge is 0.196 e. The Hall–Kier alpha value is -2.16. The summed E-state index contributed by atoms with van der Waals surface area (Å²) in [4.78, 5) is 24.4. The third-order valence-electron chi connectivity index (χ3n) is 3.77. The molecule has 0 unspecified atom stereocenters. The molecule has 0 spiro atoms. The summed E-state index contributed by atoms with van der Waals surface area (Å²) in [5.41, 5.74) is 4.24. The zero-order valence-electron chi connectivity index (χ0n) is 9.69. The first-order chi connectivity index (χ1) is 8.77. The van der Waals surface area contributed by atoms with Crippen LogP contribution in [-0.2, 0) is 4.79 Å². The minimum absolute atomic E-state index is 0.0374. The van der Waals surface area contributed by atoms with Gasteiger partial charge >= 0.3 is 0 Å². The van der Waals surface area contributed by atoms with Crippen LogP contribution < -0.4 is 5.32 Å². The lowest BCUT2D eigenvalue weighted by Crippen LogP contribution is -2.16. The lowest BCUT2D eigenvalue weighted by molar-refractivity contribution is -0.115. The number of nitrogens with zero attached hydrogens (tertiary/aromatic N) is 1. The molecule has 0 saturated heterocycles. The van der Waals surface area contributed by atoms with E-state index in [1.165, 1.54) is 0 Å². The third-order valence-corrected chi connectivity index (χ3v) is 3.77. The maximum atomic E-state index is 12.4. The summed E-state index contributed by atoms with van der Waals surface area (Å²) >= 11 is 0. The van der Waals surface area contributed by atoms with Crippen LogP contribution in [0.4, 0.5) is 0 Å². The van der Waals surface area contributed by atoms with Crippen molar-refractivity contribution in [3.8, 4) is 0 Å². The Morgan fingerprint density at radius 2 is 1.72 bits per heavy atom. The molecule has 0 fully saturated rings. The molecule has 1 aromatic carbocycles. The molecule has 2 aliphatic carbocycles. The number of benzene rings is 1. The van der Waals surface area contributed by atoms with Crippen molar-refractivity contribution in [2.75, 3.05) is 0 Å². The zero-order valence-corrected chi connectivity index (χ0v) is 9.69. The Kier molecular flexibility index (Phi) is 1.74. The van der Waals surface area contributed by atoms with E-state index in [2.05, 4.69) is 5.32 Å². The monoisotopic (exact) mass is 236 g/mol. The van der Waals surface area contributed by atoms with Crippen LogP contribution in [0, 0.1) is 0 Å². The number of hydrogen-bond acceptors (Lipinski definition) is 2. The van der Waals surface area contributed by atoms with Crippen LogP contribution in [0.3, 0.4) is 0 Å². The molecule has 1 radical (unpaired) electrons. The number of carbonyl (C=O) groups is 2. The number of Topliss-reactive ketones (excluding diaryl/α,β-unsaturated/α-hetero) is 2. The highest BCUT2D eigenvalue weighted by atomic mass is 16.1. The number of hydrogen-bond donors (Lipinski definition) is 0. The minimum Gasteiger partial charge on any atom is -0.294 e. The standard InChI is InChI=1S/C15H10NO2/c17-11-7-3-6-10-12(11)13-14(16-10)8-4-1-2-5-9(8)15(13)18/h1-2,4-5H,3,6-7H2. The second kappa shape index (κ2) is 3.19. The molecule has 3 heteroatoms. The molecule has 3 nitrogen and oxygen atoms in total. The van der Waals surface area contributed by atoms with Gasteiger partial charge in [0.15, 0.2) is 11.6 Å². The molecular formula is C15H10NO2. The van der Waals surface area contributed by atoms with Crippen molar-refractivity contribution in [3.63, 3.8) is 0 Å². The van der Waals surface area contributed by atoms with Gasteiger partial charge in [0.05, 0.1) is 22.5 Å². The molecule has 0 aromatic heterocycles. The highest BCUT2D eigenvalue weighted by molar-refractivity contribution is 6.29. The molecule has 4 rings (SSSR count). The van der Waals surface area contributed by atoms with E-state index >= 15 is 0 Å². The predicted molar refractivity (Wildman–Crippen MR) is 65.7 cm³/mol. The zero-order chi connectivity index (χ0) is 12.3. The quantitative estimate of drug-likeness (QED) is 0.693. The number of allylic oxidation sites excluding steroid dienone is 3. The molecule has 0 saturated carbocycles. The average molecular weight is 236 g/mol. The van der Waals surface area contributed by atoms with Crippen LogP contribution in [0.2, 0.25) is 0 Å². The van der Waals surface area contributed by atoms with Crippen molar-refractivity contribution in [3.05, 3.63) is 52.2 Å². The van der Waals surface area contributed by atoms with Gasteiger partial charge in [-0.05, 0) is 12.8 Å². The maximum Gasteiger partial charge on any atom is 0.196 e. The van der Waals surface area contributed by atoms with E-state index in [0.717, 1.165) is 29.8 Å². The van der Waals surface area contributed by atoms with Crippen molar-refractivity contribution < 1.29 is 9.59 Å². The average Bonchev–Trinajstić information content (AvgIpc) is 2.89. The predicted octanol–water partition coefficient (Wildman–Crippen LogP) is 2.22. The lowest BCUT2D eigenvalue weighted by Gasteiger charge is -2.14. The maximum absolute atomic E-state index is 12.4. The minimum atomic E-state index is -0.0374. The van der Waals surface area contributed by atoms with Crippen LogP contribution in [0.15, 0.2) is 41.1 Å². The summed E-state index contributed by atoms with van der Waals surface area (Å²) in [5, 5.41) is 4.53. The second-order valence-electron chi connectivity index (χ2n) is 4.81. The van der Waals surface area contributed by atoms with E-state index in [9.17, 15) is 9.59 Å². The summed E-state index contributed by atoms with van der Waals surface area (Å²) < 4.78 is 0. The van der Waals surface area contributed by atoms with Crippen molar-refractivity contribution in [2.24, 2.45) is 0 Å². The molecule has 3 aliphatic rings. The fourth-order valence-corrected chi connectivity index (χ4v) is 2.97. The van der Waals surface area contributed by atoms with E-state index in [-0.39, 0.29) is 11.6 Å². The molecule has 0 atom stereocenters. The molecule has 0 amide bonds. The Bertz CT molecular complexity index is 679. The summed E-state index contributed by atoms with van der Waals surface area (Å²) in [6.45, 7) is 0. The molecule has 0 bridgehead atoms. The fourth-order valence-electron chi connectivity index (χ4n) is 2.97. The first kappa shape index (κ1) is 9.83. The van der Waals surface area contributed by atoms with E-state index < -0.39 is 0 Å². The first-order valence-corrected chi connectivity index (χ1v) is 6.14. The van der Waals surface area contributed by atoms with Gasteiger partial charge in [-0.15, -0.1) is 0 Å². The van der Waals surface area contributed by atoms with Gasteiger partial charge in [0.2, 0.25) is 0 Å². The largest absolute Gasteiger partial charge is 0.294 e. The van der Waals surface area contributed by atoms with Crippen LogP contribution >= 0.6 is 0 Å². The Morgan fingerprint density at radius 1 is 0.944 bits per heavy atom. The van der Waals surface area contributed by atoms with E-state index in [1.807, 2.05) is 18.2 Å². The lowest BCUT2D eigenvalue weighted by atomic mass is 9.90. The Balaban J connectivity index is 1.94. The second-order valence-corrected chi connectivity index (χ2v) is 4.81. The van der Waals surface area contributed by atoms with Gasteiger partial charge in [0.1, 0.15) is 0 Å². The fraction of sp³-hybridized carbons (Fsp3) is 0.200. The van der Waals surface area contributed by atoms with Gasteiger partial charge in [-0.2, -0.15) is 0 Å². The third kappa shape index (κ3) is 1.04. The van der Waals surface area contributed by atoms with Crippen molar-refractivity contribution in [1.29, 1.82) is 0 Å². The molecule has 18 heavy (non-hydrogen) atoms. The molecule has 1 aliphatic heterocycles. The normalized spacial score (nSPS) is 20.9. The SMILES string of the molecule is O=C1CCCC2=C1C1=C([N]2)c2ccccc2C1=O. The highest BCUT2D eigenvalue weighted by Gasteiger charge is 2.42. The van der Waals surface area contributed by atoms with Crippen LogP contribution in [0.1, 0.15) is 35.2 Å². The van der Waals surface area contributed by atoms with E-state index in [1.54, 1.807) is 6.07 Å². The van der Waals surface area contributed by atoms with Gasteiger partial charge < -0.3 is 0 Å². The van der Waals surface area contributed by atoms with Crippen molar-refractivity contribution >= 4 is 17.3 Å². The van der Waals surface area contributed by atoms with Gasteiger partial charge in [-0.3, -0.25) is 14.9 Å². The van der Waals surface area contributed by atoms with Crippen LogP contribution in [0.5, 0.6) is 0 Å². The molecular weight excluding hydrogens is 226 g/mol. The first-order valence-electron chi connectivity index (χ1n) is 6.14. The number of fused-ring (bicyclic) bond motifs is 3. The topological polar surface area (TPSA) is 48.2 Å².